The first-order chi connectivity index (χ1) is 14.5. The molecule has 0 aromatic heterocycles. The number of hydrogen-bond acceptors (Lipinski definition) is 4. The van der Waals surface area contributed by atoms with Gasteiger partial charge in [-0.1, -0.05) is 12.1 Å². The van der Waals surface area contributed by atoms with Crippen LogP contribution in [0.2, 0.25) is 0 Å². The lowest BCUT2D eigenvalue weighted by atomic mass is 9.94. The van der Waals surface area contributed by atoms with Gasteiger partial charge in [0.1, 0.15) is 17.8 Å². The Morgan fingerprint density at radius 1 is 1.13 bits per heavy atom. The molecule has 1 atom stereocenters. The average Bonchev–Trinajstić information content (AvgIpc) is 3.58. The molecule has 5 nitrogen and oxygen atoms in total. The van der Waals surface area contributed by atoms with E-state index in [0.717, 1.165) is 24.5 Å². The largest absolute Gasteiger partial charge is 0.360 e. The van der Waals surface area contributed by atoms with Crippen molar-refractivity contribution in [1.82, 2.24) is 10.3 Å². The van der Waals surface area contributed by atoms with Crippen LogP contribution in [0.4, 0.5) is 8.78 Å². The number of hydrazone groups is 1. The number of benzene rings is 2. The molecule has 3 aliphatic rings. The van der Waals surface area contributed by atoms with E-state index >= 15 is 0 Å². The molecular formula is C23H16F2N4O. The van der Waals surface area contributed by atoms with Crippen LogP contribution in [-0.4, -0.2) is 22.8 Å². The maximum atomic E-state index is 14.5. The van der Waals surface area contributed by atoms with Crippen molar-refractivity contribution >= 4 is 22.9 Å². The first-order valence-corrected chi connectivity index (χ1v) is 9.61. The van der Waals surface area contributed by atoms with E-state index in [0.29, 0.717) is 22.5 Å². The Hall–Kier alpha value is -3.79. The zero-order chi connectivity index (χ0) is 20.8. The van der Waals surface area contributed by atoms with Crippen molar-refractivity contribution in [2.45, 2.75) is 19.0 Å². The lowest BCUT2D eigenvalue weighted by Crippen LogP contribution is -2.49. The summed E-state index contributed by atoms with van der Waals surface area (Å²) in [6.07, 6.45) is 4.47. The van der Waals surface area contributed by atoms with Gasteiger partial charge in [-0.15, -0.1) is 0 Å². The highest BCUT2D eigenvalue weighted by Crippen LogP contribution is 2.40. The smallest absolute Gasteiger partial charge is 0.271 e. The third-order valence-corrected chi connectivity index (χ3v) is 5.39. The summed E-state index contributed by atoms with van der Waals surface area (Å²) in [5.41, 5.74) is 3.37. The second-order valence-electron chi connectivity index (χ2n) is 7.48. The fourth-order valence-electron chi connectivity index (χ4n) is 3.71. The third kappa shape index (κ3) is 3.16. The van der Waals surface area contributed by atoms with E-state index in [1.807, 2.05) is 0 Å². The van der Waals surface area contributed by atoms with Crippen LogP contribution < -0.4 is 5.32 Å². The first-order valence-electron chi connectivity index (χ1n) is 9.61. The molecule has 7 heteroatoms. The molecule has 1 amide bonds. The van der Waals surface area contributed by atoms with Crippen molar-refractivity contribution in [2.24, 2.45) is 11.0 Å². The topological polar surface area (TPSA) is 68.5 Å². The summed E-state index contributed by atoms with van der Waals surface area (Å²) in [6.45, 7) is 0. The SMILES string of the molecule is N#Cc1ccc(C2=CC(=O)N3N=C(C4CC4)C(c4ccc(F)cc4F)=CC3N2)cc1. The van der Waals surface area contributed by atoms with Crippen LogP contribution >= 0.6 is 0 Å². The predicted molar refractivity (Wildman–Crippen MR) is 107 cm³/mol. The summed E-state index contributed by atoms with van der Waals surface area (Å²) in [5, 5.41) is 18.1. The molecule has 0 spiro atoms. The number of fused-ring (bicyclic) bond motifs is 1. The van der Waals surface area contributed by atoms with Crippen LogP contribution in [0.1, 0.15) is 29.5 Å². The zero-order valence-electron chi connectivity index (χ0n) is 15.8. The predicted octanol–water partition coefficient (Wildman–Crippen LogP) is 3.80. The van der Waals surface area contributed by atoms with E-state index in [9.17, 15) is 13.6 Å². The van der Waals surface area contributed by atoms with Gasteiger partial charge in [-0.2, -0.15) is 10.4 Å². The highest BCUT2D eigenvalue weighted by atomic mass is 19.1. The maximum Gasteiger partial charge on any atom is 0.271 e. The first kappa shape index (κ1) is 18.3. The van der Waals surface area contributed by atoms with Gasteiger partial charge in [0.15, 0.2) is 0 Å². The second-order valence-corrected chi connectivity index (χ2v) is 7.48. The molecule has 0 radical (unpaired) electrons. The minimum Gasteiger partial charge on any atom is -0.360 e. The van der Waals surface area contributed by atoms with Crippen LogP contribution in [0, 0.1) is 28.9 Å². The Morgan fingerprint density at radius 2 is 1.90 bits per heavy atom. The summed E-state index contributed by atoms with van der Waals surface area (Å²) in [5.74, 6) is -1.42. The van der Waals surface area contributed by atoms with E-state index < -0.39 is 17.8 Å². The molecule has 0 bridgehead atoms. The normalized spacial score (nSPS) is 20.4. The Kier molecular flexibility index (Phi) is 4.21. The molecular weight excluding hydrogens is 386 g/mol. The number of carbonyl (C=O) groups excluding carboxylic acids is 1. The second kappa shape index (κ2) is 6.92. The number of rotatable bonds is 3. The fraction of sp³-hybridized carbons (Fsp3) is 0.174. The molecule has 1 saturated carbocycles. The Morgan fingerprint density at radius 3 is 2.57 bits per heavy atom. The molecule has 2 heterocycles. The van der Waals surface area contributed by atoms with E-state index in [4.69, 9.17) is 5.26 Å². The molecule has 1 fully saturated rings. The van der Waals surface area contributed by atoms with Crippen molar-refractivity contribution in [2.75, 3.05) is 0 Å². The van der Waals surface area contributed by atoms with Crippen molar-refractivity contribution in [3.63, 3.8) is 0 Å². The lowest BCUT2D eigenvalue weighted by Gasteiger charge is -2.35. The number of amides is 1. The summed E-state index contributed by atoms with van der Waals surface area (Å²) in [7, 11) is 0. The van der Waals surface area contributed by atoms with Gasteiger partial charge in [0.25, 0.3) is 5.91 Å². The van der Waals surface area contributed by atoms with E-state index in [2.05, 4.69) is 16.5 Å². The highest BCUT2D eigenvalue weighted by Gasteiger charge is 2.38. The number of hydrogen-bond donors (Lipinski definition) is 1. The minimum absolute atomic E-state index is 0.165. The molecule has 2 aromatic carbocycles. The van der Waals surface area contributed by atoms with Gasteiger partial charge in [-0.3, -0.25) is 4.79 Å². The van der Waals surface area contributed by atoms with Gasteiger partial charge in [0.2, 0.25) is 0 Å². The quantitative estimate of drug-likeness (QED) is 0.849. The Balaban J connectivity index is 1.54. The zero-order valence-corrected chi connectivity index (χ0v) is 15.8. The monoisotopic (exact) mass is 402 g/mol. The lowest BCUT2D eigenvalue weighted by molar-refractivity contribution is -0.128. The molecule has 148 valence electrons. The summed E-state index contributed by atoms with van der Waals surface area (Å²) in [6, 6.07) is 12.4. The molecule has 5 rings (SSSR count). The molecule has 1 aliphatic carbocycles. The van der Waals surface area contributed by atoms with Crippen LogP contribution in [0.25, 0.3) is 11.3 Å². The Bertz CT molecular complexity index is 1190. The number of carbonyl (C=O) groups is 1. The maximum absolute atomic E-state index is 14.5. The number of allylic oxidation sites excluding steroid dienone is 1. The molecule has 1 unspecified atom stereocenters. The van der Waals surface area contributed by atoms with Gasteiger partial charge in [0.05, 0.1) is 17.3 Å². The average molecular weight is 402 g/mol. The van der Waals surface area contributed by atoms with Crippen LogP contribution in [0.3, 0.4) is 0 Å². The number of nitriles is 1. The van der Waals surface area contributed by atoms with Crippen LogP contribution in [-0.2, 0) is 4.79 Å². The third-order valence-electron chi connectivity index (χ3n) is 5.39. The van der Waals surface area contributed by atoms with Crippen molar-refractivity contribution in [3.05, 3.63) is 82.9 Å². The van der Waals surface area contributed by atoms with E-state index in [1.165, 1.54) is 23.2 Å². The highest BCUT2D eigenvalue weighted by molar-refractivity contribution is 6.26. The molecule has 1 N–H and O–H groups in total. The van der Waals surface area contributed by atoms with E-state index in [1.54, 1.807) is 30.3 Å². The Labute approximate surface area is 171 Å². The fourth-order valence-corrected chi connectivity index (χ4v) is 3.71. The number of halogens is 2. The summed E-state index contributed by atoms with van der Waals surface area (Å²) in [4.78, 5) is 12.8. The molecule has 2 aromatic rings. The van der Waals surface area contributed by atoms with Gasteiger partial charge in [-0.25, -0.2) is 13.8 Å². The van der Waals surface area contributed by atoms with Crippen LogP contribution in [0.15, 0.2) is 59.7 Å². The van der Waals surface area contributed by atoms with Gasteiger partial charge < -0.3 is 5.32 Å². The molecule has 2 aliphatic heterocycles. The minimum atomic E-state index is -0.659. The van der Waals surface area contributed by atoms with Gasteiger partial charge in [-0.05, 0) is 48.7 Å². The van der Waals surface area contributed by atoms with Crippen LogP contribution in [0.5, 0.6) is 0 Å². The summed E-state index contributed by atoms with van der Waals surface area (Å²) < 4.78 is 27.9. The molecule has 30 heavy (non-hydrogen) atoms. The van der Waals surface area contributed by atoms with Crippen molar-refractivity contribution in [1.29, 1.82) is 5.26 Å². The van der Waals surface area contributed by atoms with Gasteiger partial charge >= 0.3 is 0 Å². The molecule has 0 saturated heterocycles. The standard InChI is InChI=1S/C23H16F2N4O/c24-16-7-8-17(19(25)9-16)18-10-21-27-20(14-3-1-13(12-26)2-4-14)11-22(30)29(21)28-23(18)15-5-6-15/h1-4,7-11,15,21,27H,5-6H2. The van der Waals surface area contributed by atoms with E-state index in [-0.39, 0.29) is 17.4 Å². The van der Waals surface area contributed by atoms with Gasteiger partial charge in [0, 0.05) is 34.9 Å². The van der Waals surface area contributed by atoms with Crippen molar-refractivity contribution < 1.29 is 13.6 Å². The number of nitrogens with zero attached hydrogens (tertiary/aromatic N) is 3. The number of nitrogens with one attached hydrogen (secondary N) is 1. The van der Waals surface area contributed by atoms with Crippen molar-refractivity contribution in [3.8, 4) is 6.07 Å². The summed E-state index contributed by atoms with van der Waals surface area (Å²) >= 11 is 0.